The zero-order valence-corrected chi connectivity index (χ0v) is 67.0. The molecular weight excluding hydrogens is 1450 g/mol. The Labute approximate surface area is 637 Å². The van der Waals surface area contributed by atoms with E-state index in [1.165, 1.54) is 174 Å². The van der Waals surface area contributed by atoms with Gasteiger partial charge in [-0.3, -0.25) is 155 Å². The van der Waals surface area contributed by atoms with Crippen LogP contribution in [0.25, 0.3) is 0 Å². The SMILES string of the molecule is CC(=O)/C(C1=NCCC(=O)N1)=C(\C)O.CC(=O)/C(C1=NCCC(=O)N1)=C(\C)O.CC(=O)C(C(C)=O)C1=NCCC(=O)N1.CC(=O)C(C(C)=O)C1=NCCC(=O)N1.CC(=O)C(C1=NCCC(=O)N1)=C(C)O.CC(=O)N(C)C(C)=O.CC(=O)N(C)C(C)=O.CC(=O)N(C)C(C)=O.CC(=O)N(C)C(C)=O.CC(=O)N(C)C(C)=O. The highest BCUT2D eigenvalue weighted by molar-refractivity contribution is 6.27. The number of carbonyl (C=O) groups excluding carboxylic acids is 22. The second kappa shape index (κ2) is 54.3. The van der Waals surface area contributed by atoms with Gasteiger partial charge >= 0.3 is 0 Å². The molecule has 8 N–H and O–H groups in total. The molecule has 40 heteroatoms. The van der Waals surface area contributed by atoms with Crippen molar-refractivity contribution in [1.82, 2.24) is 51.1 Å². The predicted octanol–water partition coefficient (Wildman–Crippen LogP) is 0.431. The van der Waals surface area contributed by atoms with Gasteiger partial charge in [-0.25, -0.2) is 0 Å². The molecule has 15 amide bonds. The average molecular weight is 1560 g/mol. The third kappa shape index (κ3) is 45.3. The summed E-state index contributed by atoms with van der Waals surface area (Å²) in [4.78, 5) is 261. The van der Waals surface area contributed by atoms with Gasteiger partial charge in [0.05, 0.1) is 36.4 Å². The van der Waals surface area contributed by atoms with Gasteiger partial charge in [0.1, 0.15) is 81.4 Å². The first-order chi connectivity index (χ1) is 50.4. The van der Waals surface area contributed by atoms with Crippen LogP contribution in [0.2, 0.25) is 0 Å². The van der Waals surface area contributed by atoms with Crippen LogP contribution in [-0.2, 0) is 105 Å². The molecule has 5 aliphatic rings. The van der Waals surface area contributed by atoms with Crippen LogP contribution in [0.3, 0.4) is 0 Å². The summed E-state index contributed by atoms with van der Waals surface area (Å²) >= 11 is 0. The Morgan fingerprint density at radius 1 is 0.264 bits per heavy atom. The van der Waals surface area contributed by atoms with E-state index in [9.17, 15) is 121 Å². The number of hydrogen-bond donors (Lipinski definition) is 8. The molecule has 0 saturated heterocycles. The van der Waals surface area contributed by atoms with Gasteiger partial charge in [-0.1, -0.05) is 0 Å². The van der Waals surface area contributed by atoms with Crippen LogP contribution in [-0.4, -0.2) is 266 Å². The number of ketones is 7. The van der Waals surface area contributed by atoms with Gasteiger partial charge in [-0.05, 0) is 69.2 Å². The lowest BCUT2D eigenvalue weighted by atomic mass is 9.98. The quantitative estimate of drug-likeness (QED) is 0.0746. The lowest BCUT2D eigenvalue weighted by molar-refractivity contribution is -0.141. The molecule has 610 valence electrons. The number of aliphatic imine (C=N–C) groups is 5. The maximum atomic E-state index is 11.1. The van der Waals surface area contributed by atoms with Gasteiger partial charge in [0.25, 0.3) is 0 Å². The largest absolute Gasteiger partial charge is 0.512 e. The smallest absolute Gasteiger partial charge is 0.227 e. The number of amidine groups is 5. The van der Waals surface area contributed by atoms with E-state index in [0.717, 1.165) is 24.5 Å². The van der Waals surface area contributed by atoms with Crippen molar-refractivity contribution in [3.63, 3.8) is 0 Å². The number of allylic oxidation sites excluding steroid dienone is 3. The van der Waals surface area contributed by atoms with E-state index >= 15 is 0 Å². The molecule has 5 heterocycles. The minimum absolute atomic E-state index is 0.0815. The standard InChI is InChI=1S/5C9H12N2O3.5C5H9NO2/c5*1-5(12)8(6(2)13)9-10-4-3-7(14)11-9;5*1-4(7)6(3)5(2)8/h3*12H,3-4H2,1-2H3,(H,10,11,14);2*8H,3-4H2,1-2H3,(H,10,11,14);5*1-3H3/b2*8-5-;;;;;;;;. The lowest BCUT2D eigenvalue weighted by Gasteiger charge is -2.18. The normalized spacial score (nSPS) is 14.1. The number of Topliss-reactive ketones (excluding diaryl/α,β-unsaturated/α-hetero) is 7. The third-order valence-corrected chi connectivity index (χ3v) is 14.1. The Balaban J connectivity index is -0.000000375. The molecule has 0 radical (unpaired) electrons. The molecule has 0 aromatic heterocycles. The summed E-state index contributed by atoms with van der Waals surface area (Å²) in [5.41, 5.74) is 0.245. The molecule has 0 unspecified atom stereocenters. The number of amides is 15. The molecule has 0 atom stereocenters. The molecule has 0 fully saturated rings. The number of rotatable bonds is 12. The van der Waals surface area contributed by atoms with E-state index in [0.29, 0.717) is 64.8 Å². The first-order valence-electron chi connectivity index (χ1n) is 33.1. The van der Waals surface area contributed by atoms with Gasteiger partial charge in [0, 0.05) is 150 Å². The van der Waals surface area contributed by atoms with Crippen LogP contribution in [0.15, 0.2) is 59.0 Å². The Morgan fingerprint density at radius 3 is 0.509 bits per heavy atom. The number of imide groups is 5. The minimum Gasteiger partial charge on any atom is -0.512 e. The number of carbonyl (C=O) groups is 22. The van der Waals surface area contributed by atoms with Gasteiger partial charge < -0.3 is 41.9 Å². The van der Waals surface area contributed by atoms with Crippen molar-refractivity contribution in [1.29, 1.82) is 0 Å². The summed E-state index contributed by atoms with van der Waals surface area (Å²) in [6.45, 7) is 28.6. The summed E-state index contributed by atoms with van der Waals surface area (Å²) in [5.74, 6) is -6.57. The lowest BCUT2D eigenvalue weighted by Crippen LogP contribution is -2.44. The van der Waals surface area contributed by atoms with Crippen molar-refractivity contribution in [3.8, 4) is 0 Å². The zero-order chi connectivity index (χ0) is 87.2. The zero-order valence-electron chi connectivity index (χ0n) is 67.0. The van der Waals surface area contributed by atoms with Crippen molar-refractivity contribution in [3.05, 3.63) is 34.0 Å². The fourth-order valence-corrected chi connectivity index (χ4v) is 7.54. The van der Waals surface area contributed by atoms with Crippen molar-refractivity contribution >= 4 is 158 Å². The molecular formula is C70H105N15O25. The highest BCUT2D eigenvalue weighted by Gasteiger charge is 2.31. The molecule has 0 aromatic rings. The van der Waals surface area contributed by atoms with Gasteiger partial charge in [-0.2, -0.15) is 0 Å². The van der Waals surface area contributed by atoms with Crippen LogP contribution in [0, 0.1) is 11.8 Å². The molecule has 0 spiro atoms. The number of aliphatic hydroxyl groups is 3. The fraction of sp³-hybridized carbons (Fsp3) is 0.529. The van der Waals surface area contributed by atoms with Crippen molar-refractivity contribution in [2.24, 2.45) is 36.8 Å². The van der Waals surface area contributed by atoms with E-state index in [1.54, 1.807) is 0 Å². The number of nitrogens with zero attached hydrogens (tertiary/aromatic N) is 10. The number of aliphatic hydroxyl groups excluding tert-OH is 3. The summed E-state index contributed by atoms with van der Waals surface area (Å²) in [7, 11) is 7.25. The van der Waals surface area contributed by atoms with Gasteiger partial charge in [0.15, 0.2) is 17.3 Å². The second-order valence-electron chi connectivity index (χ2n) is 23.6. The Morgan fingerprint density at radius 2 is 0.409 bits per heavy atom. The molecule has 0 bridgehead atoms. The Hall–Kier alpha value is -12.3. The maximum Gasteiger partial charge on any atom is 0.227 e. The van der Waals surface area contributed by atoms with Crippen LogP contribution in [0.4, 0.5) is 0 Å². The molecule has 5 rings (SSSR count). The van der Waals surface area contributed by atoms with E-state index in [-0.39, 0.29) is 192 Å². The van der Waals surface area contributed by atoms with Crippen molar-refractivity contribution < 1.29 is 121 Å². The third-order valence-electron chi connectivity index (χ3n) is 14.1. The predicted molar refractivity (Wildman–Crippen MR) is 399 cm³/mol. The summed E-state index contributed by atoms with van der Waals surface area (Å²) in [6, 6.07) is 0. The van der Waals surface area contributed by atoms with E-state index < -0.39 is 11.8 Å². The highest BCUT2D eigenvalue weighted by atomic mass is 16.3. The monoisotopic (exact) mass is 1560 g/mol. The number of hydrogen-bond acceptors (Lipinski definition) is 30. The maximum absolute atomic E-state index is 11.1. The average Bonchev–Trinajstić information content (AvgIpc) is 0.878. The fourth-order valence-electron chi connectivity index (χ4n) is 7.54. The molecule has 0 aliphatic carbocycles. The van der Waals surface area contributed by atoms with E-state index in [2.05, 4.69) is 51.5 Å². The van der Waals surface area contributed by atoms with E-state index in [4.69, 9.17) is 0 Å². The van der Waals surface area contributed by atoms with E-state index in [1.807, 2.05) is 0 Å². The van der Waals surface area contributed by atoms with Crippen molar-refractivity contribution in [2.75, 3.05) is 68.0 Å². The summed E-state index contributed by atoms with van der Waals surface area (Å²) in [6.07, 6.45) is 1.58. The van der Waals surface area contributed by atoms with Gasteiger partial charge in [0.2, 0.25) is 88.6 Å². The Bertz CT molecular complexity index is 3300. The van der Waals surface area contributed by atoms with Crippen molar-refractivity contribution in [2.45, 2.75) is 171 Å². The molecule has 5 aliphatic heterocycles. The van der Waals surface area contributed by atoms with Crippen LogP contribution in [0.5, 0.6) is 0 Å². The van der Waals surface area contributed by atoms with Crippen LogP contribution in [0.1, 0.15) is 171 Å². The molecule has 110 heavy (non-hydrogen) atoms. The first kappa shape index (κ1) is 106. The van der Waals surface area contributed by atoms with Crippen LogP contribution >= 0.6 is 0 Å². The second-order valence-corrected chi connectivity index (χ2v) is 23.6. The Kier molecular flexibility index (Phi) is 52.5. The first-order valence-corrected chi connectivity index (χ1v) is 33.1. The summed E-state index contributed by atoms with van der Waals surface area (Å²) in [5, 5.41) is 40.0. The minimum atomic E-state index is -0.903. The topological polar surface area (TPSA) is 574 Å². The summed E-state index contributed by atoms with van der Waals surface area (Å²) < 4.78 is 0. The van der Waals surface area contributed by atoms with Crippen LogP contribution < -0.4 is 26.6 Å². The van der Waals surface area contributed by atoms with Gasteiger partial charge in [-0.15, -0.1) is 0 Å². The molecule has 40 nitrogen and oxygen atoms in total. The highest BCUT2D eigenvalue weighted by Crippen LogP contribution is 2.12. The molecule has 0 saturated carbocycles. The molecule has 0 aromatic carbocycles. The number of nitrogens with one attached hydrogen (secondary N) is 5.